The van der Waals surface area contributed by atoms with Gasteiger partial charge < -0.3 is 20.5 Å². The molecule has 1 fully saturated rings. The number of carbonyl (C=O) groups is 1. The summed E-state index contributed by atoms with van der Waals surface area (Å²) in [6.07, 6.45) is 5.12. The van der Waals surface area contributed by atoms with E-state index >= 15 is 0 Å². The van der Waals surface area contributed by atoms with Crippen LogP contribution in [0.15, 0.2) is 55.1 Å². The van der Waals surface area contributed by atoms with Crippen molar-refractivity contribution in [2.24, 2.45) is 7.05 Å². The molecule has 0 unspecified atom stereocenters. The summed E-state index contributed by atoms with van der Waals surface area (Å²) in [5, 5.41) is 20.6. The zero-order valence-electron chi connectivity index (χ0n) is 22.4. The Labute approximate surface area is 226 Å². The van der Waals surface area contributed by atoms with E-state index in [0.717, 1.165) is 11.1 Å². The molecule has 0 radical (unpaired) electrons. The lowest BCUT2D eigenvalue weighted by Gasteiger charge is -2.40. The van der Waals surface area contributed by atoms with E-state index < -0.39 is 0 Å². The lowest BCUT2D eigenvalue weighted by molar-refractivity contribution is -0.0212. The van der Waals surface area contributed by atoms with Gasteiger partial charge in [0.1, 0.15) is 18.0 Å². The lowest BCUT2D eigenvalue weighted by Crippen LogP contribution is -2.51. The van der Waals surface area contributed by atoms with Crippen LogP contribution in [0.5, 0.6) is 5.75 Å². The van der Waals surface area contributed by atoms with Gasteiger partial charge in [-0.25, -0.2) is 15.0 Å². The third-order valence-electron chi connectivity index (χ3n) is 6.82. The normalized spacial score (nSPS) is 14.5. The number of aliphatic hydroxyl groups excluding tert-OH is 1. The standard InChI is InChI=1S/C28H32N8O3/c1-5-24(38)21-13-30-26(33-25-10-9-18(12-29-25)17(2)36-14-19(37)15-36)11-23(21)32-22-8-6-7-20(27(22)39-4)28-31-16-35(3)34-28/h6-13,16-17,19,37H,5,14-15H2,1-4H3,(H2,29,30,32,33)/t17-/m1/s1. The molecule has 1 saturated heterocycles. The van der Waals surface area contributed by atoms with Gasteiger partial charge in [-0.2, -0.15) is 5.10 Å². The van der Waals surface area contributed by atoms with Crippen molar-refractivity contribution in [2.75, 3.05) is 30.8 Å². The molecule has 0 amide bonds. The minimum absolute atomic E-state index is 0.0364. The van der Waals surface area contributed by atoms with Crippen LogP contribution in [0.4, 0.5) is 23.0 Å². The first-order chi connectivity index (χ1) is 18.9. The molecule has 1 atom stereocenters. The average molecular weight is 529 g/mol. The van der Waals surface area contributed by atoms with Gasteiger partial charge in [0.15, 0.2) is 17.4 Å². The molecule has 1 aliphatic rings. The minimum atomic E-state index is -0.244. The Balaban J connectivity index is 1.41. The van der Waals surface area contributed by atoms with E-state index in [1.54, 1.807) is 37.4 Å². The summed E-state index contributed by atoms with van der Waals surface area (Å²) in [4.78, 5) is 28.3. The predicted octanol–water partition coefficient (Wildman–Crippen LogP) is 4.10. The minimum Gasteiger partial charge on any atom is -0.494 e. The summed E-state index contributed by atoms with van der Waals surface area (Å²) < 4.78 is 7.36. The number of ether oxygens (including phenoxy) is 1. The van der Waals surface area contributed by atoms with Crippen molar-refractivity contribution in [3.05, 3.63) is 66.2 Å². The van der Waals surface area contributed by atoms with Crippen molar-refractivity contribution in [1.29, 1.82) is 0 Å². The van der Waals surface area contributed by atoms with Crippen molar-refractivity contribution >= 4 is 28.8 Å². The van der Waals surface area contributed by atoms with Crippen LogP contribution in [0.2, 0.25) is 0 Å². The second-order valence-electron chi connectivity index (χ2n) is 9.53. The highest BCUT2D eigenvalue weighted by Gasteiger charge is 2.29. The second-order valence-corrected chi connectivity index (χ2v) is 9.53. The zero-order valence-corrected chi connectivity index (χ0v) is 22.4. The molecule has 11 nitrogen and oxygen atoms in total. The van der Waals surface area contributed by atoms with Gasteiger partial charge in [-0.3, -0.25) is 14.4 Å². The maximum absolute atomic E-state index is 12.8. The van der Waals surface area contributed by atoms with Crippen molar-refractivity contribution in [1.82, 2.24) is 29.6 Å². The smallest absolute Gasteiger partial charge is 0.184 e. The number of nitrogens with zero attached hydrogens (tertiary/aromatic N) is 6. The number of hydrogen-bond acceptors (Lipinski definition) is 10. The summed E-state index contributed by atoms with van der Waals surface area (Å²) in [7, 11) is 3.39. The molecule has 0 bridgehead atoms. The number of ketones is 1. The number of aromatic nitrogens is 5. The molecule has 202 valence electrons. The number of benzene rings is 1. The topological polar surface area (TPSA) is 130 Å². The van der Waals surface area contributed by atoms with E-state index in [1.165, 1.54) is 0 Å². The van der Waals surface area contributed by atoms with E-state index in [1.807, 2.05) is 43.5 Å². The molecule has 1 aliphatic heterocycles. The first kappa shape index (κ1) is 26.3. The number of para-hydroxylation sites is 1. The van der Waals surface area contributed by atoms with Gasteiger partial charge >= 0.3 is 0 Å². The molecule has 0 spiro atoms. The Bertz CT molecular complexity index is 1460. The van der Waals surface area contributed by atoms with Crippen LogP contribution in [-0.4, -0.2) is 66.8 Å². The van der Waals surface area contributed by atoms with Crippen LogP contribution < -0.4 is 15.4 Å². The van der Waals surface area contributed by atoms with Crippen LogP contribution in [0.1, 0.15) is 42.2 Å². The lowest BCUT2D eigenvalue weighted by atomic mass is 10.0. The third kappa shape index (κ3) is 5.59. The van der Waals surface area contributed by atoms with E-state index in [9.17, 15) is 9.90 Å². The summed E-state index contributed by atoms with van der Waals surface area (Å²) in [6.45, 7) is 5.28. The zero-order chi connectivity index (χ0) is 27.5. The molecule has 5 rings (SSSR count). The highest BCUT2D eigenvalue weighted by molar-refractivity contribution is 6.02. The second kappa shape index (κ2) is 11.2. The third-order valence-corrected chi connectivity index (χ3v) is 6.82. The van der Waals surface area contributed by atoms with Gasteiger partial charge in [0, 0.05) is 51.1 Å². The Kier molecular flexibility index (Phi) is 7.53. The number of nitrogens with one attached hydrogen (secondary N) is 2. The van der Waals surface area contributed by atoms with Gasteiger partial charge in [0.25, 0.3) is 0 Å². The number of aryl methyl sites for hydroxylation is 1. The Morgan fingerprint density at radius 3 is 2.54 bits per heavy atom. The fourth-order valence-corrected chi connectivity index (χ4v) is 4.55. The quantitative estimate of drug-likeness (QED) is 0.259. The number of β-amino-alcohol motifs (C(OH)–C–C–N with tert-alkyl or cyclic N) is 1. The predicted molar refractivity (Wildman–Crippen MR) is 149 cm³/mol. The number of carbonyl (C=O) groups excluding carboxylic acids is 1. The average Bonchev–Trinajstić information content (AvgIpc) is 3.37. The maximum Gasteiger partial charge on any atom is 0.184 e. The van der Waals surface area contributed by atoms with E-state index in [-0.39, 0.29) is 17.9 Å². The first-order valence-electron chi connectivity index (χ1n) is 12.8. The number of aliphatic hydroxyl groups is 1. The summed E-state index contributed by atoms with van der Waals surface area (Å²) in [6, 6.07) is 11.5. The van der Waals surface area contributed by atoms with E-state index in [4.69, 9.17) is 4.74 Å². The SMILES string of the molecule is CCC(=O)c1cnc(Nc2ccc([C@@H](C)N3CC(O)C3)cn2)cc1Nc1cccc(-c2ncn(C)n2)c1OC. The number of pyridine rings is 2. The Morgan fingerprint density at radius 2 is 1.90 bits per heavy atom. The van der Waals surface area contributed by atoms with Crippen LogP contribution in [-0.2, 0) is 7.05 Å². The van der Waals surface area contributed by atoms with Gasteiger partial charge in [0.05, 0.1) is 35.7 Å². The summed E-state index contributed by atoms with van der Waals surface area (Å²) in [5.74, 6) is 2.22. The van der Waals surface area contributed by atoms with Gasteiger partial charge in [-0.15, -0.1) is 0 Å². The maximum atomic E-state index is 12.8. The van der Waals surface area contributed by atoms with Crippen LogP contribution in [0, 0.1) is 0 Å². The molecule has 0 aliphatic carbocycles. The fraction of sp³-hybridized carbons (Fsp3) is 0.321. The van der Waals surface area contributed by atoms with Crippen molar-refractivity contribution in [3.63, 3.8) is 0 Å². The molecule has 1 aromatic carbocycles. The monoisotopic (exact) mass is 528 g/mol. The van der Waals surface area contributed by atoms with Gasteiger partial charge in [-0.1, -0.05) is 19.1 Å². The molecule has 3 aromatic heterocycles. The Hall–Kier alpha value is -4.35. The molecule has 11 heteroatoms. The highest BCUT2D eigenvalue weighted by Crippen LogP contribution is 2.37. The molecular formula is C28H32N8O3. The molecule has 0 saturated carbocycles. The van der Waals surface area contributed by atoms with Crippen molar-refractivity contribution in [3.8, 4) is 17.1 Å². The van der Waals surface area contributed by atoms with E-state index in [0.29, 0.717) is 59.7 Å². The van der Waals surface area contributed by atoms with Gasteiger partial charge in [-0.05, 0) is 30.7 Å². The molecule has 4 heterocycles. The molecule has 4 aromatic rings. The van der Waals surface area contributed by atoms with Crippen LogP contribution in [0.25, 0.3) is 11.4 Å². The number of anilines is 4. The molecular weight excluding hydrogens is 496 g/mol. The van der Waals surface area contributed by atoms with Gasteiger partial charge in [0.2, 0.25) is 0 Å². The number of Topliss-reactive ketones (excluding diaryl/α,β-unsaturated/α-hetero) is 1. The summed E-state index contributed by atoms with van der Waals surface area (Å²) >= 11 is 0. The summed E-state index contributed by atoms with van der Waals surface area (Å²) in [5.41, 5.74) is 3.52. The van der Waals surface area contributed by atoms with Crippen LogP contribution >= 0.6 is 0 Å². The highest BCUT2D eigenvalue weighted by atomic mass is 16.5. The van der Waals surface area contributed by atoms with E-state index in [2.05, 4.69) is 42.5 Å². The Morgan fingerprint density at radius 1 is 1.10 bits per heavy atom. The van der Waals surface area contributed by atoms with Crippen molar-refractivity contribution in [2.45, 2.75) is 32.4 Å². The van der Waals surface area contributed by atoms with Crippen molar-refractivity contribution < 1.29 is 14.6 Å². The van der Waals surface area contributed by atoms with Crippen LogP contribution in [0.3, 0.4) is 0 Å². The number of methoxy groups -OCH3 is 1. The molecule has 39 heavy (non-hydrogen) atoms. The number of likely N-dealkylation sites (tertiary alicyclic amines) is 1. The number of hydrogen-bond donors (Lipinski definition) is 3. The molecule has 3 N–H and O–H groups in total. The first-order valence-corrected chi connectivity index (χ1v) is 12.8. The fourth-order valence-electron chi connectivity index (χ4n) is 4.55. The number of rotatable bonds is 10. The largest absolute Gasteiger partial charge is 0.494 e.